The zero-order valence-corrected chi connectivity index (χ0v) is 51.2. The van der Waals surface area contributed by atoms with E-state index in [-0.39, 0.29) is 38.6 Å². The van der Waals surface area contributed by atoms with Crippen LogP contribution in [0.1, 0.15) is 245 Å². The van der Waals surface area contributed by atoms with Crippen LogP contribution in [-0.2, 0) is 33.3 Å². The molecule has 0 bridgehead atoms. The Bertz CT molecular complexity index is 1710. The zero-order chi connectivity index (χ0) is 57.6. The van der Waals surface area contributed by atoms with Crippen molar-refractivity contribution in [2.45, 2.75) is 257 Å². The number of carboxylic acids is 1. The second-order valence-corrected chi connectivity index (χ2v) is 21.9. The molecule has 0 heterocycles. The summed E-state index contributed by atoms with van der Waals surface area (Å²) >= 11 is 0. The Morgan fingerprint density at radius 1 is 0.380 bits per heavy atom. The minimum Gasteiger partial charge on any atom is -0.545 e. The van der Waals surface area contributed by atoms with E-state index < -0.39 is 24.3 Å². The predicted molar refractivity (Wildman–Crippen MR) is 333 cm³/mol. The molecule has 450 valence electrons. The highest BCUT2D eigenvalue weighted by molar-refractivity contribution is 5.70. The summed E-state index contributed by atoms with van der Waals surface area (Å²) in [5.74, 6) is -2.31. The Hall–Kier alpha value is -4.31. The van der Waals surface area contributed by atoms with Crippen molar-refractivity contribution in [1.82, 2.24) is 0 Å². The molecule has 0 aliphatic carbocycles. The van der Waals surface area contributed by atoms with Crippen molar-refractivity contribution < 1.29 is 42.9 Å². The normalized spacial score (nSPS) is 13.6. The number of ether oxygens (including phenoxy) is 4. The van der Waals surface area contributed by atoms with Gasteiger partial charge in [-0.3, -0.25) is 9.59 Å². The monoisotopic (exact) mass is 1100 g/mol. The molecule has 0 saturated heterocycles. The third-order valence-electron chi connectivity index (χ3n) is 13.2. The van der Waals surface area contributed by atoms with E-state index in [4.69, 9.17) is 18.9 Å². The number of hydrogen-bond donors (Lipinski definition) is 0. The standard InChI is InChI=1S/C70H117NO8/c1-6-8-10-12-14-16-18-20-22-24-26-27-28-29-30-31-32-33-34-35-36-37-38-39-40-41-43-45-47-49-51-53-55-57-59-61-68(73)79-66(65-78-70(69(74)75)76-63-62-71(3,4)5)64-77-67(72)60-58-56-54-52-50-48-46-44-42-25-23-21-19-17-15-13-11-9-7-2/h8-11,14-17,20-23,26-27,29-30,32-33,42,44,66,70H,6-7,12-13,18-19,24-25,28,31,34-41,43,45-65H2,1-5H3/b10-8-,11-9-,16-14-,17-15-,22-20-,23-21-,27-26-,30-29-,33-32-,44-42-. The quantitative estimate of drug-likeness (QED) is 0.0195. The van der Waals surface area contributed by atoms with Gasteiger partial charge in [0, 0.05) is 12.8 Å². The van der Waals surface area contributed by atoms with Gasteiger partial charge in [-0.1, -0.05) is 251 Å². The summed E-state index contributed by atoms with van der Waals surface area (Å²) in [5.41, 5.74) is 0. The molecule has 0 rings (SSSR count). The van der Waals surface area contributed by atoms with Crippen LogP contribution in [0.15, 0.2) is 122 Å². The fraction of sp³-hybridized carbons (Fsp3) is 0.671. The molecule has 79 heavy (non-hydrogen) atoms. The van der Waals surface area contributed by atoms with Gasteiger partial charge in [0.2, 0.25) is 0 Å². The van der Waals surface area contributed by atoms with E-state index in [1.165, 1.54) is 83.5 Å². The lowest BCUT2D eigenvalue weighted by atomic mass is 10.0. The van der Waals surface area contributed by atoms with Crippen molar-refractivity contribution in [3.8, 4) is 0 Å². The highest BCUT2D eigenvalue weighted by Crippen LogP contribution is 2.16. The summed E-state index contributed by atoms with van der Waals surface area (Å²) < 4.78 is 22.7. The summed E-state index contributed by atoms with van der Waals surface area (Å²) in [6.45, 7) is 4.50. The van der Waals surface area contributed by atoms with E-state index in [1.807, 2.05) is 21.1 Å². The maximum Gasteiger partial charge on any atom is 0.306 e. The number of quaternary nitrogens is 1. The maximum absolute atomic E-state index is 12.9. The zero-order valence-electron chi connectivity index (χ0n) is 51.2. The van der Waals surface area contributed by atoms with Crippen molar-refractivity contribution in [2.75, 3.05) is 47.5 Å². The Balaban J connectivity index is 4.15. The average molecular weight is 1100 g/mol. The summed E-state index contributed by atoms with van der Waals surface area (Å²) in [6, 6.07) is 0. The van der Waals surface area contributed by atoms with E-state index in [0.29, 0.717) is 17.4 Å². The Morgan fingerprint density at radius 3 is 1.01 bits per heavy atom. The Morgan fingerprint density at radius 2 is 0.684 bits per heavy atom. The van der Waals surface area contributed by atoms with Gasteiger partial charge in [0.15, 0.2) is 12.4 Å². The van der Waals surface area contributed by atoms with Crippen LogP contribution in [0.5, 0.6) is 0 Å². The van der Waals surface area contributed by atoms with Gasteiger partial charge in [-0.15, -0.1) is 0 Å². The number of nitrogens with zero attached hydrogens (tertiary/aromatic N) is 1. The van der Waals surface area contributed by atoms with Crippen LogP contribution in [0.3, 0.4) is 0 Å². The Kier molecular flexibility index (Phi) is 56.5. The van der Waals surface area contributed by atoms with Gasteiger partial charge in [-0.2, -0.15) is 0 Å². The van der Waals surface area contributed by atoms with Crippen LogP contribution in [0.25, 0.3) is 0 Å². The highest BCUT2D eigenvalue weighted by Gasteiger charge is 2.22. The second-order valence-electron chi connectivity index (χ2n) is 21.9. The van der Waals surface area contributed by atoms with Crippen molar-refractivity contribution in [3.63, 3.8) is 0 Å². The van der Waals surface area contributed by atoms with Crippen molar-refractivity contribution >= 4 is 17.9 Å². The largest absolute Gasteiger partial charge is 0.545 e. The molecule has 0 aliphatic heterocycles. The van der Waals surface area contributed by atoms with Crippen LogP contribution in [-0.4, -0.2) is 82.3 Å². The smallest absolute Gasteiger partial charge is 0.306 e. The van der Waals surface area contributed by atoms with Gasteiger partial charge in [-0.05, 0) is 103 Å². The molecule has 9 heteroatoms. The number of allylic oxidation sites excluding steroid dienone is 20. The van der Waals surface area contributed by atoms with Gasteiger partial charge < -0.3 is 33.3 Å². The maximum atomic E-state index is 12.9. The van der Waals surface area contributed by atoms with Crippen LogP contribution in [0, 0.1) is 0 Å². The minimum atomic E-state index is -1.63. The van der Waals surface area contributed by atoms with Gasteiger partial charge in [-0.25, -0.2) is 0 Å². The second kappa shape index (κ2) is 59.8. The number of aliphatic carboxylic acids is 1. The van der Waals surface area contributed by atoms with E-state index in [9.17, 15) is 19.5 Å². The molecule has 0 radical (unpaired) electrons. The number of likely N-dealkylation sites (N-methyl/N-ethyl adjacent to an activating group) is 1. The molecular weight excluding hydrogens is 983 g/mol. The van der Waals surface area contributed by atoms with Crippen LogP contribution in [0.2, 0.25) is 0 Å². The summed E-state index contributed by atoms with van der Waals surface area (Å²) in [5, 5.41) is 11.8. The number of hydrogen-bond acceptors (Lipinski definition) is 8. The first kappa shape index (κ1) is 74.7. The topological polar surface area (TPSA) is 111 Å². The minimum absolute atomic E-state index is 0.140. The lowest BCUT2D eigenvalue weighted by Gasteiger charge is -2.26. The van der Waals surface area contributed by atoms with Crippen molar-refractivity contribution in [3.05, 3.63) is 122 Å². The lowest BCUT2D eigenvalue weighted by molar-refractivity contribution is -0.870. The first-order valence-corrected chi connectivity index (χ1v) is 31.7. The molecule has 0 aliphatic rings. The molecule has 0 aromatic rings. The molecular formula is C70H117NO8. The first-order chi connectivity index (χ1) is 38.6. The fourth-order valence-electron chi connectivity index (χ4n) is 8.41. The van der Waals surface area contributed by atoms with Gasteiger partial charge in [0.25, 0.3) is 0 Å². The molecule has 0 saturated carbocycles. The number of rotatable bonds is 57. The van der Waals surface area contributed by atoms with Crippen LogP contribution in [0.4, 0.5) is 0 Å². The molecule has 0 amide bonds. The Labute approximate surface area is 485 Å². The molecule has 9 nitrogen and oxygen atoms in total. The number of esters is 2. The molecule has 0 aromatic heterocycles. The van der Waals surface area contributed by atoms with Gasteiger partial charge >= 0.3 is 11.9 Å². The SMILES string of the molecule is CC/C=C\C/C=C\C/C=C\C/C=C\C/C=C\C/C=C\CCCCCCCCCCCCCCCCCCC(=O)OC(COC(=O)CCCCCCCC/C=C\C/C=C\C/C=C\C/C=C\CC)COC(OCC[N+](C)(C)C)C(=O)[O-]. The summed E-state index contributed by atoms with van der Waals surface area (Å²) in [7, 11) is 5.91. The molecule has 0 aromatic carbocycles. The van der Waals surface area contributed by atoms with Crippen molar-refractivity contribution in [1.29, 1.82) is 0 Å². The van der Waals surface area contributed by atoms with E-state index in [2.05, 4.69) is 135 Å². The molecule has 2 atom stereocenters. The predicted octanol–water partition coefficient (Wildman–Crippen LogP) is 17.9. The van der Waals surface area contributed by atoms with E-state index in [1.54, 1.807) is 0 Å². The lowest BCUT2D eigenvalue weighted by Crippen LogP contribution is -2.44. The van der Waals surface area contributed by atoms with E-state index in [0.717, 1.165) is 128 Å². The van der Waals surface area contributed by atoms with Crippen LogP contribution < -0.4 is 5.11 Å². The average Bonchev–Trinajstić information content (AvgIpc) is 3.42. The fourth-order valence-corrected chi connectivity index (χ4v) is 8.41. The van der Waals surface area contributed by atoms with Crippen LogP contribution >= 0.6 is 0 Å². The number of unbranched alkanes of at least 4 members (excludes halogenated alkanes) is 22. The van der Waals surface area contributed by atoms with Gasteiger partial charge in [0.1, 0.15) is 13.2 Å². The number of carboxylic acid groups (broad SMARTS) is 1. The third-order valence-corrected chi connectivity index (χ3v) is 13.2. The molecule has 0 N–H and O–H groups in total. The third kappa shape index (κ3) is 61.2. The highest BCUT2D eigenvalue weighted by atomic mass is 16.7. The number of carbonyl (C=O) groups excluding carboxylic acids is 3. The molecule has 0 spiro atoms. The van der Waals surface area contributed by atoms with Crippen molar-refractivity contribution in [2.24, 2.45) is 0 Å². The van der Waals surface area contributed by atoms with Gasteiger partial charge in [0.05, 0.1) is 40.3 Å². The molecule has 0 fully saturated rings. The van der Waals surface area contributed by atoms with E-state index >= 15 is 0 Å². The summed E-state index contributed by atoms with van der Waals surface area (Å²) in [4.78, 5) is 37.4. The summed E-state index contributed by atoms with van der Waals surface area (Å²) in [6.07, 6.45) is 81.2. The molecule has 2 unspecified atom stereocenters. The first-order valence-electron chi connectivity index (χ1n) is 31.7. The number of carbonyl (C=O) groups is 3.